The molecule has 0 aliphatic heterocycles. The molecular formula is C6H4ClNO2SZn+2. The van der Waals surface area contributed by atoms with Gasteiger partial charge < -0.3 is 0 Å². The van der Waals surface area contributed by atoms with Crippen LogP contribution < -0.4 is 0 Å². The average Bonchev–Trinajstić information content (AvgIpc) is 1.94. The van der Waals surface area contributed by atoms with E-state index in [9.17, 15) is 10.1 Å². The SMILES string of the molecule is O=[N+]([O-])c1cc(Cl)ccc1S.[Zn+2]. The molecule has 1 aromatic carbocycles. The first kappa shape index (κ1) is 11.9. The Hall–Kier alpha value is -0.117. The minimum Gasteiger partial charge on any atom is -0.258 e. The minimum absolute atomic E-state index is 0. The number of nitro benzene ring substituents is 1. The first-order chi connectivity index (χ1) is 5.11. The average molecular weight is 255 g/mol. The molecule has 0 aliphatic rings. The predicted octanol–water partition coefficient (Wildman–Crippen LogP) is 2.53. The molecule has 0 radical (unpaired) electrons. The Morgan fingerprint density at radius 3 is 2.50 bits per heavy atom. The van der Waals surface area contributed by atoms with Gasteiger partial charge in [0.15, 0.2) is 0 Å². The molecule has 0 amide bonds. The quantitative estimate of drug-likeness (QED) is 0.362. The third kappa shape index (κ3) is 2.74. The fourth-order valence-corrected chi connectivity index (χ4v) is 1.03. The topological polar surface area (TPSA) is 43.1 Å². The van der Waals surface area contributed by atoms with Crippen molar-refractivity contribution in [2.45, 2.75) is 4.90 Å². The largest absolute Gasteiger partial charge is 2.00 e. The van der Waals surface area contributed by atoms with E-state index in [-0.39, 0.29) is 25.2 Å². The van der Waals surface area contributed by atoms with Crippen LogP contribution >= 0.6 is 24.2 Å². The second-order valence-electron chi connectivity index (χ2n) is 1.89. The van der Waals surface area contributed by atoms with Gasteiger partial charge in [0, 0.05) is 11.1 Å². The Morgan fingerprint density at radius 2 is 2.08 bits per heavy atom. The summed E-state index contributed by atoms with van der Waals surface area (Å²) in [7, 11) is 0. The Morgan fingerprint density at radius 1 is 1.50 bits per heavy atom. The summed E-state index contributed by atoms with van der Waals surface area (Å²) >= 11 is 9.41. The molecule has 0 bridgehead atoms. The van der Waals surface area contributed by atoms with Crippen LogP contribution in [0.5, 0.6) is 0 Å². The second-order valence-corrected chi connectivity index (χ2v) is 2.81. The van der Waals surface area contributed by atoms with Gasteiger partial charge in [-0.25, -0.2) is 0 Å². The maximum Gasteiger partial charge on any atom is 2.00 e. The molecule has 0 heterocycles. The molecule has 6 heteroatoms. The van der Waals surface area contributed by atoms with Gasteiger partial charge in [-0.1, -0.05) is 11.6 Å². The molecule has 1 aromatic rings. The number of rotatable bonds is 1. The van der Waals surface area contributed by atoms with Crippen LogP contribution in [0, 0.1) is 10.1 Å². The van der Waals surface area contributed by atoms with Crippen molar-refractivity contribution in [3.63, 3.8) is 0 Å². The Balaban J connectivity index is 0.00000121. The predicted molar refractivity (Wildman–Crippen MR) is 45.4 cm³/mol. The van der Waals surface area contributed by atoms with Crippen LogP contribution in [0.2, 0.25) is 5.02 Å². The maximum atomic E-state index is 10.3. The zero-order chi connectivity index (χ0) is 8.43. The summed E-state index contributed by atoms with van der Waals surface area (Å²) in [6.07, 6.45) is 0. The van der Waals surface area contributed by atoms with Crippen LogP contribution in [0.4, 0.5) is 5.69 Å². The van der Waals surface area contributed by atoms with Crippen molar-refractivity contribution >= 4 is 29.9 Å². The summed E-state index contributed by atoms with van der Waals surface area (Å²) in [6, 6.07) is 4.31. The Kier molecular flexibility index (Phi) is 4.75. The van der Waals surface area contributed by atoms with E-state index in [1.54, 1.807) is 6.07 Å². The Labute approximate surface area is 92.4 Å². The molecule has 0 aliphatic carbocycles. The van der Waals surface area contributed by atoms with E-state index in [0.29, 0.717) is 9.92 Å². The summed E-state index contributed by atoms with van der Waals surface area (Å²) in [6.45, 7) is 0. The first-order valence-electron chi connectivity index (χ1n) is 2.74. The number of nitrogens with zero attached hydrogens (tertiary/aromatic N) is 1. The van der Waals surface area contributed by atoms with Crippen LogP contribution in [-0.4, -0.2) is 4.92 Å². The molecule has 0 spiro atoms. The Bertz CT molecular complexity index is 308. The van der Waals surface area contributed by atoms with Gasteiger partial charge in [0.1, 0.15) is 0 Å². The standard InChI is InChI=1S/C6H4ClNO2S.Zn/c7-4-1-2-6(11)5(3-4)8(9)10;/h1-3,11H;/q;+2. The number of halogens is 1. The van der Waals surface area contributed by atoms with Crippen molar-refractivity contribution in [1.82, 2.24) is 0 Å². The monoisotopic (exact) mass is 253 g/mol. The van der Waals surface area contributed by atoms with E-state index in [1.165, 1.54) is 12.1 Å². The van der Waals surface area contributed by atoms with Gasteiger partial charge >= 0.3 is 19.5 Å². The van der Waals surface area contributed by atoms with Gasteiger partial charge in [0.2, 0.25) is 0 Å². The summed E-state index contributed by atoms with van der Waals surface area (Å²) < 4.78 is 0. The van der Waals surface area contributed by atoms with Gasteiger partial charge in [0.25, 0.3) is 5.69 Å². The summed E-state index contributed by atoms with van der Waals surface area (Å²) in [5.74, 6) is 0. The molecule has 58 valence electrons. The molecule has 0 atom stereocenters. The number of hydrogen-bond acceptors (Lipinski definition) is 3. The van der Waals surface area contributed by atoms with E-state index < -0.39 is 4.92 Å². The van der Waals surface area contributed by atoms with Crippen LogP contribution in [0.3, 0.4) is 0 Å². The van der Waals surface area contributed by atoms with Gasteiger partial charge in [-0.3, -0.25) is 10.1 Å². The molecule has 0 saturated carbocycles. The van der Waals surface area contributed by atoms with Gasteiger partial charge in [-0.05, 0) is 12.1 Å². The fourth-order valence-electron chi connectivity index (χ4n) is 0.643. The number of benzene rings is 1. The molecule has 3 nitrogen and oxygen atoms in total. The van der Waals surface area contributed by atoms with Crippen molar-refractivity contribution < 1.29 is 24.4 Å². The molecule has 0 unspecified atom stereocenters. The molecular weight excluding hydrogens is 251 g/mol. The smallest absolute Gasteiger partial charge is 0.258 e. The van der Waals surface area contributed by atoms with Gasteiger partial charge in [-0.15, -0.1) is 12.6 Å². The molecule has 0 N–H and O–H groups in total. The van der Waals surface area contributed by atoms with E-state index in [2.05, 4.69) is 12.6 Å². The third-order valence-corrected chi connectivity index (χ3v) is 1.75. The van der Waals surface area contributed by atoms with Crippen molar-refractivity contribution in [1.29, 1.82) is 0 Å². The van der Waals surface area contributed by atoms with Crippen LogP contribution in [0.15, 0.2) is 23.1 Å². The molecule has 0 fully saturated rings. The molecule has 0 aromatic heterocycles. The maximum absolute atomic E-state index is 10.3. The zero-order valence-electron chi connectivity index (χ0n) is 6.03. The fraction of sp³-hybridized carbons (Fsp3) is 0. The minimum atomic E-state index is -0.520. The summed E-state index contributed by atoms with van der Waals surface area (Å²) in [5.41, 5.74) is -0.0687. The third-order valence-electron chi connectivity index (χ3n) is 1.13. The first-order valence-corrected chi connectivity index (χ1v) is 3.56. The summed E-state index contributed by atoms with van der Waals surface area (Å²) in [5, 5.41) is 10.6. The van der Waals surface area contributed by atoms with E-state index in [4.69, 9.17) is 11.6 Å². The number of hydrogen-bond donors (Lipinski definition) is 1. The van der Waals surface area contributed by atoms with E-state index in [1.807, 2.05) is 0 Å². The summed E-state index contributed by atoms with van der Waals surface area (Å²) in [4.78, 5) is 10.1. The van der Waals surface area contributed by atoms with Gasteiger partial charge in [0.05, 0.1) is 9.82 Å². The zero-order valence-corrected chi connectivity index (χ0v) is 10.6. The van der Waals surface area contributed by atoms with Crippen LogP contribution in [0.25, 0.3) is 0 Å². The molecule has 12 heavy (non-hydrogen) atoms. The van der Waals surface area contributed by atoms with Crippen molar-refractivity contribution in [2.24, 2.45) is 0 Å². The molecule has 1 rings (SSSR count). The number of nitro groups is 1. The van der Waals surface area contributed by atoms with E-state index in [0.717, 1.165) is 0 Å². The normalized spacial score (nSPS) is 8.83. The van der Waals surface area contributed by atoms with Crippen molar-refractivity contribution in [2.75, 3.05) is 0 Å². The van der Waals surface area contributed by atoms with E-state index >= 15 is 0 Å². The van der Waals surface area contributed by atoms with Crippen molar-refractivity contribution in [3.05, 3.63) is 33.3 Å². The van der Waals surface area contributed by atoms with Crippen LogP contribution in [-0.2, 0) is 19.5 Å². The second kappa shape index (κ2) is 4.80. The van der Waals surface area contributed by atoms with Crippen LogP contribution in [0.1, 0.15) is 0 Å². The molecule has 0 saturated heterocycles. The van der Waals surface area contributed by atoms with Gasteiger partial charge in [-0.2, -0.15) is 0 Å². The van der Waals surface area contributed by atoms with Crippen molar-refractivity contribution in [3.8, 4) is 0 Å². The number of thiol groups is 1.